The van der Waals surface area contributed by atoms with Crippen molar-refractivity contribution in [3.63, 3.8) is 0 Å². The van der Waals surface area contributed by atoms with Crippen molar-refractivity contribution in [2.75, 3.05) is 27.4 Å². The van der Waals surface area contributed by atoms with Gasteiger partial charge >= 0.3 is 23.9 Å². The fourth-order valence-electron chi connectivity index (χ4n) is 7.34. The van der Waals surface area contributed by atoms with Crippen molar-refractivity contribution >= 4 is 72.4 Å². The number of esters is 4. The van der Waals surface area contributed by atoms with Crippen molar-refractivity contribution in [1.82, 2.24) is 0 Å². The molecule has 20 heteroatoms. The van der Waals surface area contributed by atoms with Gasteiger partial charge in [0, 0.05) is 29.9 Å². The van der Waals surface area contributed by atoms with Crippen LogP contribution >= 0.6 is 31.9 Å². The van der Waals surface area contributed by atoms with Gasteiger partial charge in [-0.3, -0.25) is 9.59 Å². The Hall–Kier alpha value is -3.55. The zero-order valence-electron chi connectivity index (χ0n) is 43.1. The number of halogens is 2. The molecule has 0 spiro atoms. The first-order valence-electron chi connectivity index (χ1n) is 23.4. The second-order valence-corrected chi connectivity index (χ2v) is 31.9. The van der Waals surface area contributed by atoms with Crippen LogP contribution in [0.15, 0.2) is 81.7 Å². The fraction of sp³-hybridized carbons (Fsp3) is 0.569. The van der Waals surface area contributed by atoms with Crippen molar-refractivity contribution in [1.29, 1.82) is 0 Å². The van der Waals surface area contributed by atoms with Crippen LogP contribution in [0.2, 0.25) is 36.3 Å². The van der Waals surface area contributed by atoms with E-state index in [1.807, 2.05) is 58.1 Å². The number of methoxy groups -OCH3 is 2. The van der Waals surface area contributed by atoms with Gasteiger partial charge in [-0.05, 0) is 102 Å². The predicted octanol–water partition coefficient (Wildman–Crippen LogP) is 9.94. The van der Waals surface area contributed by atoms with Gasteiger partial charge in [0.15, 0.2) is 47.5 Å². The topological polar surface area (TPSA) is 179 Å². The molecule has 3 aromatic rings. The van der Waals surface area contributed by atoms with Crippen LogP contribution in [-0.2, 0) is 67.7 Å². The molecular formula is C51H70Br2O16Si2. The Morgan fingerprint density at radius 1 is 0.549 bits per heavy atom. The van der Waals surface area contributed by atoms with Crippen LogP contribution in [-0.4, -0.2) is 129 Å². The van der Waals surface area contributed by atoms with E-state index in [1.54, 1.807) is 55.6 Å². The van der Waals surface area contributed by atoms with E-state index < -0.39 is 114 Å². The Labute approximate surface area is 436 Å². The number of ether oxygens (including phenoxy) is 10. The minimum absolute atomic E-state index is 0.0754. The summed E-state index contributed by atoms with van der Waals surface area (Å²) in [5, 5.41) is -0.690. The number of carbonyl (C=O) groups excluding carboxylic acids is 4. The Kier molecular flexibility index (Phi) is 20.3. The zero-order valence-corrected chi connectivity index (χ0v) is 48.3. The Bertz CT molecular complexity index is 2250. The summed E-state index contributed by atoms with van der Waals surface area (Å²) >= 11 is 6.82. The molecular weight excluding hydrogens is 1080 g/mol. The molecule has 392 valence electrons. The normalized spacial score (nSPS) is 25.2. The van der Waals surface area contributed by atoms with Crippen LogP contribution in [0.1, 0.15) is 81.7 Å². The molecule has 3 aromatic carbocycles. The first kappa shape index (κ1) is 58.3. The molecule has 0 N–H and O–H groups in total. The number of rotatable bonds is 19. The van der Waals surface area contributed by atoms with Gasteiger partial charge in [-0.15, -0.1) is 0 Å². The van der Waals surface area contributed by atoms with E-state index in [0.717, 1.165) is 14.5 Å². The maximum Gasteiger partial charge on any atom is 0.338 e. The van der Waals surface area contributed by atoms with Crippen molar-refractivity contribution in [3.8, 4) is 5.75 Å². The van der Waals surface area contributed by atoms with E-state index in [0.29, 0.717) is 5.75 Å². The van der Waals surface area contributed by atoms with Crippen LogP contribution in [0.4, 0.5) is 0 Å². The molecule has 2 aliphatic heterocycles. The molecule has 16 nitrogen and oxygen atoms in total. The second kappa shape index (κ2) is 24.7. The highest BCUT2D eigenvalue weighted by Gasteiger charge is 2.57. The lowest BCUT2D eigenvalue weighted by Gasteiger charge is -2.50. The van der Waals surface area contributed by atoms with Crippen LogP contribution in [0.5, 0.6) is 5.75 Å². The molecule has 0 bridgehead atoms. The molecule has 0 radical (unpaired) electrons. The molecule has 0 amide bonds. The largest absolute Gasteiger partial charge is 0.497 e. The minimum Gasteiger partial charge on any atom is -0.497 e. The van der Waals surface area contributed by atoms with Gasteiger partial charge in [0.1, 0.15) is 42.9 Å². The van der Waals surface area contributed by atoms with Gasteiger partial charge in [0.25, 0.3) is 0 Å². The van der Waals surface area contributed by atoms with Crippen LogP contribution < -0.4 is 4.74 Å². The number of benzene rings is 3. The molecule has 5 rings (SSSR count). The van der Waals surface area contributed by atoms with Gasteiger partial charge < -0.3 is 56.2 Å². The van der Waals surface area contributed by atoms with Crippen LogP contribution in [0.3, 0.4) is 0 Å². The summed E-state index contributed by atoms with van der Waals surface area (Å²) in [5.41, 5.74) is 1.28. The van der Waals surface area contributed by atoms with Gasteiger partial charge in [0.05, 0.1) is 31.5 Å². The van der Waals surface area contributed by atoms with E-state index in [1.165, 1.54) is 21.0 Å². The quantitative estimate of drug-likeness (QED) is 0.0628. The minimum atomic E-state index is -2.86. The van der Waals surface area contributed by atoms with Gasteiger partial charge in [-0.25, -0.2) is 9.59 Å². The summed E-state index contributed by atoms with van der Waals surface area (Å²) in [4.78, 5) is 53.7. The number of hydrogen-bond acceptors (Lipinski definition) is 16. The van der Waals surface area contributed by atoms with Crippen molar-refractivity contribution in [2.45, 2.75) is 160 Å². The summed E-state index contributed by atoms with van der Waals surface area (Å²) in [6.07, 6.45) is -11.8. The predicted molar refractivity (Wildman–Crippen MR) is 275 cm³/mol. The smallest absolute Gasteiger partial charge is 0.338 e. The second-order valence-electron chi connectivity index (χ2n) is 20.6. The lowest BCUT2D eigenvalue weighted by Crippen LogP contribution is -2.66. The molecule has 71 heavy (non-hydrogen) atoms. The molecule has 10 atom stereocenters. The third kappa shape index (κ3) is 15.5. The lowest BCUT2D eigenvalue weighted by atomic mass is 9.97. The number of carbonyl (C=O) groups is 4. The molecule has 2 saturated heterocycles. The molecule has 2 aliphatic rings. The highest BCUT2D eigenvalue weighted by Crippen LogP contribution is 2.43. The lowest BCUT2D eigenvalue weighted by molar-refractivity contribution is -0.331. The van der Waals surface area contributed by atoms with E-state index in [9.17, 15) is 19.2 Å². The van der Waals surface area contributed by atoms with Gasteiger partial charge in [0.2, 0.25) is 0 Å². The molecule has 0 unspecified atom stereocenters. The number of hydrogen-bond donors (Lipinski definition) is 0. The molecule has 0 saturated carbocycles. The average molecular weight is 1160 g/mol. The van der Waals surface area contributed by atoms with Gasteiger partial charge in [-0.1, -0.05) is 85.5 Å². The maximum absolute atomic E-state index is 14.1. The monoisotopic (exact) mass is 1150 g/mol. The standard InChI is InChI=1S/C51H70Br2O16Si2/c1-30(54)63-44-42(68-70(11,12)50(3,4)5)40(60-27-32-15-25-37(58-9)26-16-32)38(65-48(44)59-10)29-62-49-45(64-31(2)55)43(69-71(13,14)51(6,7)8)41(67-47(57)34-19-23-36(53)24-20-34)39(66-49)28-61-46(56)33-17-21-35(52)22-18-33/h15-26,38-45,48-49H,27-29H2,1-14H3/t38-,39-,40-,41-,42+,43+,44-,45-,48+,49-/m1/s1. The Morgan fingerprint density at radius 2 is 1.00 bits per heavy atom. The summed E-state index contributed by atoms with van der Waals surface area (Å²) in [6.45, 7) is 22.4. The highest BCUT2D eigenvalue weighted by atomic mass is 79.9. The third-order valence-electron chi connectivity index (χ3n) is 13.3. The summed E-state index contributed by atoms with van der Waals surface area (Å²) in [5.74, 6) is -2.02. The fourth-order valence-corrected chi connectivity index (χ4v) is 10.5. The first-order chi connectivity index (χ1) is 33.1. The third-order valence-corrected chi connectivity index (χ3v) is 23.3. The summed E-state index contributed by atoms with van der Waals surface area (Å²) < 4.78 is 78.1. The molecule has 2 fully saturated rings. The summed E-state index contributed by atoms with van der Waals surface area (Å²) in [6, 6.07) is 20.6. The van der Waals surface area contributed by atoms with Crippen molar-refractivity contribution in [2.24, 2.45) is 0 Å². The van der Waals surface area contributed by atoms with Crippen molar-refractivity contribution in [3.05, 3.63) is 98.4 Å². The van der Waals surface area contributed by atoms with Crippen molar-refractivity contribution < 1.29 is 75.4 Å². The highest BCUT2D eigenvalue weighted by molar-refractivity contribution is 9.10. The van der Waals surface area contributed by atoms with Crippen LogP contribution in [0.25, 0.3) is 0 Å². The molecule has 0 aliphatic carbocycles. The average Bonchev–Trinajstić information content (AvgIpc) is 3.28. The molecule has 2 heterocycles. The van der Waals surface area contributed by atoms with Crippen LogP contribution in [0, 0.1) is 0 Å². The van der Waals surface area contributed by atoms with E-state index in [4.69, 9.17) is 56.2 Å². The summed E-state index contributed by atoms with van der Waals surface area (Å²) in [7, 11) is -2.52. The van der Waals surface area contributed by atoms with E-state index >= 15 is 0 Å². The molecule has 0 aromatic heterocycles. The Balaban J connectivity index is 1.61. The zero-order chi connectivity index (χ0) is 52.6. The van der Waals surface area contributed by atoms with Gasteiger partial charge in [-0.2, -0.15) is 0 Å². The SMILES string of the molecule is COc1ccc(CO[C@H]2[C@H](O[Si](C)(C)C(C)(C)C)[C@@H](OC(C)=O)[C@@H](OC)O[C@@H]2CO[C@@H]2O[C@H](COC(=O)c3ccc(Br)cc3)[C@@H](OC(=O)c3ccc(Br)cc3)[C@H](O[Si](C)(C)C(C)(C)C)[C@H]2OC(C)=O)cc1. The Morgan fingerprint density at radius 3 is 1.46 bits per heavy atom. The first-order valence-corrected chi connectivity index (χ1v) is 30.8. The maximum atomic E-state index is 14.1. The van der Waals surface area contributed by atoms with E-state index in [2.05, 4.69) is 65.7 Å². The van der Waals surface area contributed by atoms with E-state index in [-0.39, 0.29) is 29.4 Å².